The first kappa shape index (κ1) is 27.9. The van der Waals surface area contributed by atoms with Gasteiger partial charge in [-0.25, -0.2) is 14.6 Å². The van der Waals surface area contributed by atoms with Crippen molar-refractivity contribution >= 4 is 46.5 Å². The molecule has 4 heterocycles. The summed E-state index contributed by atoms with van der Waals surface area (Å²) in [5.41, 5.74) is 0.571. The third-order valence-electron chi connectivity index (χ3n) is 6.72. The first-order valence-electron chi connectivity index (χ1n) is 12.7. The third kappa shape index (κ3) is 5.40. The lowest BCUT2D eigenvalue weighted by atomic mass is 9.98. The summed E-state index contributed by atoms with van der Waals surface area (Å²) in [6.07, 6.45) is 1.38. The normalized spacial score (nSPS) is 19.6. The second-order valence-corrected chi connectivity index (χ2v) is 10.4. The van der Waals surface area contributed by atoms with Crippen molar-refractivity contribution in [1.29, 1.82) is 0 Å². The predicted molar refractivity (Wildman–Crippen MR) is 148 cm³/mol. The number of esters is 1. The van der Waals surface area contributed by atoms with Crippen molar-refractivity contribution in [3.8, 4) is 5.75 Å². The van der Waals surface area contributed by atoms with Gasteiger partial charge < -0.3 is 29.4 Å². The summed E-state index contributed by atoms with van der Waals surface area (Å²) in [7, 11) is 0. The van der Waals surface area contributed by atoms with Crippen LogP contribution >= 0.6 is 11.8 Å². The number of para-hydroxylation sites is 1. The number of aliphatic carboxylic acids is 1. The molecule has 41 heavy (non-hydrogen) atoms. The molecule has 0 radical (unpaired) electrons. The summed E-state index contributed by atoms with van der Waals surface area (Å²) in [5.74, 6) is -2.85. The Morgan fingerprint density at radius 1 is 1.12 bits per heavy atom. The zero-order valence-corrected chi connectivity index (χ0v) is 22.9. The highest BCUT2D eigenvalue weighted by Crippen LogP contribution is 2.40. The maximum Gasteiger partial charge on any atom is 0.343 e. The highest BCUT2D eigenvalue weighted by Gasteiger charge is 2.56. The first-order chi connectivity index (χ1) is 19.7. The van der Waals surface area contributed by atoms with Gasteiger partial charge in [0.05, 0.1) is 5.39 Å². The van der Waals surface area contributed by atoms with Gasteiger partial charge in [0, 0.05) is 24.0 Å². The number of hydrogen-bond acceptors (Lipinski definition) is 9. The highest BCUT2D eigenvalue weighted by atomic mass is 32.2. The van der Waals surface area contributed by atoms with E-state index in [1.54, 1.807) is 54.0 Å². The second-order valence-electron chi connectivity index (χ2n) is 9.41. The Morgan fingerprint density at radius 2 is 1.88 bits per heavy atom. The Morgan fingerprint density at radius 3 is 2.59 bits per heavy atom. The van der Waals surface area contributed by atoms with E-state index in [-0.39, 0.29) is 23.1 Å². The van der Waals surface area contributed by atoms with E-state index in [0.717, 1.165) is 22.4 Å². The number of nitrogens with zero attached hydrogens (tertiary/aromatic N) is 3. The molecule has 0 unspecified atom stereocenters. The number of aromatic nitrogens is 2. The number of pyridine rings is 2. The summed E-state index contributed by atoms with van der Waals surface area (Å²) in [4.78, 5) is 68.9. The summed E-state index contributed by atoms with van der Waals surface area (Å²) in [5, 5.41) is 13.6. The number of carboxylic acid groups (broad SMARTS) is 1. The molecule has 12 nitrogen and oxygen atoms in total. The van der Waals surface area contributed by atoms with Crippen LogP contribution in [0.15, 0.2) is 64.4 Å². The van der Waals surface area contributed by atoms with Gasteiger partial charge in [-0.15, -0.1) is 11.8 Å². The number of thioether (sulfide) groups is 1. The van der Waals surface area contributed by atoms with E-state index in [4.69, 9.17) is 9.47 Å². The molecule has 0 saturated carbocycles. The van der Waals surface area contributed by atoms with Crippen LogP contribution in [0.25, 0.3) is 11.0 Å². The number of carboxylic acids is 1. The predicted octanol–water partition coefficient (Wildman–Crippen LogP) is 1.70. The Bertz CT molecular complexity index is 1640. The van der Waals surface area contributed by atoms with E-state index in [1.165, 1.54) is 11.6 Å². The van der Waals surface area contributed by atoms with Crippen LogP contribution in [0, 0.1) is 6.92 Å². The zero-order valence-electron chi connectivity index (χ0n) is 22.1. The molecule has 0 bridgehead atoms. The summed E-state index contributed by atoms with van der Waals surface area (Å²) in [6.45, 7) is 3.33. The van der Waals surface area contributed by atoms with Crippen molar-refractivity contribution in [2.45, 2.75) is 37.8 Å². The fourth-order valence-electron chi connectivity index (χ4n) is 4.68. The van der Waals surface area contributed by atoms with Gasteiger partial charge in [-0.3, -0.25) is 14.4 Å². The summed E-state index contributed by atoms with van der Waals surface area (Å²) >= 11 is 1.13. The van der Waals surface area contributed by atoms with Crippen molar-refractivity contribution in [3.63, 3.8) is 0 Å². The number of carbonyl (C=O) groups excluding carboxylic acids is 3. The van der Waals surface area contributed by atoms with E-state index in [2.05, 4.69) is 10.3 Å². The minimum absolute atomic E-state index is 0.159. The van der Waals surface area contributed by atoms with E-state index in [9.17, 15) is 29.1 Å². The molecule has 2 aliphatic heterocycles. The molecule has 1 fully saturated rings. The number of ether oxygens (including phenoxy) is 2. The largest absolute Gasteiger partial charge is 0.484 e. The van der Waals surface area contributed by atoms with Crippen LogP contribution in [0.5, 0.6) is 5.75 Å². The van der Waals surface area contributed by atoms with Crippen molar-refractivity contribution in [2.24, 2.45) is 0 Å². The van der Waals surface area contributed by atoms with Crippen LogP contribution in [0.3, 0.4) is 0 Å². The summed E-state index contributed by atoms with van der Waals surface area (Å²) in [6, 6.07) is 9.64. The molecule has 2 aliphatic rings. The Balaban J connectivity index is 1.26. The lowest BCUT2D eigenvalue weighted by Crippen LogP contribution is -2.74. The van der Waals surface area contributed by atoms with Gasteiger partial charge >= 0.3 is 11.9 Å². The number of amides is 2. The molecule has 2 aromatic heterocycles. The lowest BCUT2D eigenvalue weighted by Gasteiger charge is -2.51. The smallest absolute Gasteiger partial charge is 0.343 e. The molecule has 2 amide bonds. The topological polar surface area (TPSA) is 157 Å². The SMILES string of the molecule is CCn1cc(C(=O)OCC2=CS[C@@H]3[C@H](NC(=O)COc4ccccc4)C(=O)N3[C@H]2C(=O)O)c(=O)c2ccc(C)nc21. The van der Waals surface area contributed by atoms with Gasteiger partial charge in [0.15, 0.2) is 12.6 Å². The molecule has 1 saturated heterocycles. The second kappa shape index (κ2) is 11.5. The van der Waals surface area contributed by atoms with Crippen LogP contribution in [0.2, 0.25) is 0 Å². The van der Waals surface area contributed by atoms with Crippen molar-refractivity contribution in [1.82, 2.24) is 19.8 Å². The van der Waals surface area contributed by atoms with E-state index < -0.39 is 53.2 Å². The fourth-order valence-corrected chi connectivity index (χ4v) is 5.89. The molecule has 2 N–H and O–H groups in total. The molecule has 3 aromatic rings. The zero-order chi connectivity index (χ0) is 29.3. The number of nitrogens with one attached hydrogen (secondary N) is 1. The number of carbonyl (C=O) groups is 4. The Kier molecular flexibility index (Phi) is 7.79. The van der Waals surface area contributed by atoms with Gasteiger partial charge in [0.25, 0.3) is 5.91 Å². The molecule has 13 heteroatoms. The lowest BCUT2D eigenvalue weighted by molar-refractivity contribution is -0.160. The maximum atomic E-state index is 13.0. The highest BCUT2D eigenvalue weighted by molar-refractivity contribution is 8.03. The van der Waals surface area contributed by atoms with Crippen LogP contribution in [0.4, 0.5) is 0 Å². The molecule has 0 spiro atoms. The molecular formula is C28H26N4O8S. The van der Waals surface area contributed by atoms with Gasteiger partial charge in [0.2, 0.25) is 11.3 Å². The van der Waals surface area contributed by atoms with E-state index in [0.29, 0.717) is 17.9 Å². The number of β-lactam (4-membered cyclic amide) rings is 1. The Labute approximate surface area is 237 Å². The molecule has 212 valence electrons. The van der Waals surface area contributed by atoms with E-state index in [1.807, 2.05) is 6.92 Å². The van der Waals surface area contributed by atoms with E-state index >= 15 is 0 Å². The Hall–Kier alpha value is -4.65. The standard InChI is InChI=1S/C28H26N4O8S/c1-3-31-11-19(23(34)18-10-9-15(2)29-24(18)31)28(38)40-12-16-14-41-26-21(25(35)32(26)22(16)27(36)37)30-20(33)13-39-17-7-5-4-6-8-17/h4-11,14,21-22,26H,3,12-13H2,1-2H3,(H,30,33)(H,36,37)/t21-,22-,26-/m1/s1. The fraction of sp³-hybridized carbons (Fsp3) is 0.286. The number of fused-ring (bicyclic) bond motifs is 2. The number of benzene rings is 1. The first-order valence-corrected chi connectivity index (χ1v) is 13.7. The minimum Gasteiger partial charge on any atom is -0.484 e. The molecule has 5 rings (SSSR count). The van der Waals surface area contributed by atoms with Crippen molar-refractivity contribution in [2.75, 3.05) is 13.2 Å². The maximum absolute atomic E-state index is 13.0. The van der Waals surface area contributed by atoms with Crippen LogP contribution in [-0.2, 0) is 25.7 Å². The number of hydrogen-bond donors (Lipinski definition) is 2. The average molecular weight is 579 g/mol. The average Bonchev–Trinajstić information content (AvgIpc) is 2.97. The number of aryl methyl sites for hydroxylation is 2. The summed E-state index contributed by atoms with van der Waals surface area (Å²) < 4.78 is 12.4. The van der Waals surface area contributed by atoms with Crippen LogP contribution < -0.4 is 15.5 Å². The molecule has 0 aliphatic carbocycles. The number of rotatable bonds is 9. The van der Waals surface area contributed by atoms with Crippen molar-refractivity contribution in [3.05, 3.63) is 81.1 Å². The molecule has 3 atom stereocenters. The molecular weight excluding hydrogens is 552 g/mol. The van der Waals surface area contributed by atoms with Gasteiger partial charge in [0.1, 0.15) is 35.0 Å². The third-order valence-corrected chi connectivity index (χ3v) is 7.94. The van der Waals surface area contributed by atoms with Crippen LogP contribution in [-0.4, -0.2) is 74.0 Å². The van der Waals surface area contributed by atoms with Crippen molar-refractivity contribution < 1.29 is 33.8 Å². The minimum atomic E-state index is -1.40. The quantitative estimate of drug-likeness (QED) is 0.283. The van der Waals surface area contributed by atoms with Gasteiger partial charge in [-0.2, -0.15) is 0 Å². The molecule has 1 aromatic carbocycles. The van der Waals surface area contributed by atoms with Gasteiger partial charge in [-0.05, 0) is 43.5 Å². The van der Waals surface area contributed by atoms with Crippen LogP contribution in [0.1, 0.15) is 23.0 Å². The monoisotopic (exact) mass is 578 g/mol. The van der Waals surface area contributed by atoms with Gasteiger partial charge in [-0.1, -0.05) is 18.2 Å².